The number of benzene rings is 2. The fourth-order valence-corrected chi connectivity index (χ4v) is 2.55. The van der Waals surface area contributed by atoms with Crippen LogP contribution in [0.2, 0.25) is 0 Å². The minimum atomic E-state index is -0.301. The first-order valence-corrected chi connectivity index (χ1v) is 7.72. The molecular formula is C18H21NOS. The molecule has 0 saturated heterocycles. The summed E-state index contributed by atoms with van der Waals surface area (Å²) in [6, 6.07) is 18.3. The van der Waals surface area contributed by atoms with Crippen molar-refractivity contribution in [3.8, 4) is 0 Å². The van der Waals surface area contributed by atoms with Gasteiger partial charge in [-0.1, -0.05) is 60.2 Å². The van der Waals surface area contributed by atoms with Gasteiger partial charge in [0.2, 0.25) is 5.91 Å². The number of amides is 1. The van der Waals surface area contributed by atoms with Crippen LogP contribution in [0, 0.1) is 6.92 Å². The van der Waals surface area contributed by atoms with Crippen LogP contribution in [0.25, 0.3) is 0 Å². The van der Waals surface area contributed by atoms with Crippen molar-refractivity contribution >= 4 is 18.5 Å². The summed E-state index contributed by atoms with van der Waals surface area (Å²) in [7, 11) is 0. The Kier molecular flexibility index (Phi) is 5.88. The molecule has 3 heteroatoms. The maximum atomic E-state index is 12.0. The minimum Gasteiger partial charge on any atom is -0.355 e. The SMILES string of the molecule is Cc1cccc(CCNC(=O)C(S)Cc2ccccc2)c1. The number of hydrogen-bond donors (Lipinski definition) is 2. The number of carbonyl (C=O) groups is 1. The average molecular weight is 299 g/mol. The number of hydrogen-bond acceptors (Lipinski definition) is 2. The van der Waals surface area contributed by atoms with Crippen molar-refractivity contribution in [3.63, 3.8) is 0 Å². The van der Waals surface area contributed by atoms with Crippen LogP contribution in [-0.2, 0) is 17.6 Å². The molecule has 0 aliphatic carbocycles. The molecular weight excluding hydrogens is 278 g/mol. The van der Waals surface area contributed by atoms with Gasteiger partial charge in [-0.2, -0.15) is 12.6 Å². The second kappa shape index (κ2) is 7.89. The van der Waals surface area contributed by atoms with Crippen molar-refractivity contribution in [2.45, 2.75) is 25.0 Å². The van der Waals surface area contributed by atoms with E-state index in [0.29, 0.717) is 13.0 Å². The van der Waals surface area contributed by atoms with Crippen molar-refractivity contribution in [2.24, 2.45) is 0 Å². The predicted molar refractivity (Wildman–Crippen MR) is 90.8 cm³/mol. The Morgan fingerprint density at radius 1 is 1.10 bits per heavy atom. The van der Waals surface area contributed by atoms with Crippen molar-refractivity contribution in [3.05, 3.63) is 71.3 Å². The first-order chi connectivity index (χ1) is 10.1. The second-order valence-electron chi connectivity index (χ2n) is 5.24. The maximum Gasteiger partial charge on any atom is 0.233 e. The third-order valence-electron chi connectivity index (χ3n) is 3.37. The number of carbonyl (C=O) groups excluding carboxylic acids is 1. The van der Waals surface area contributed by atoms with Crippen LogP contribution >= 0.6 is 12.6 Å². The number of thiol groups is 1. The highest BCUT2D eigenvalue weighted by Gasteiger charge is 2.13. The van der Waals surface area contributed by atoms with Crippen LogP contribution in [0.1, 0.15) is 16.7 Å². The fraction of sp³-hybridized carbons (Fsp3) is 0.278. The maximum absolute atomic E-state index is 12.0. The zero-order chi connectivity index (χ0) is 15.1. The summed E-state index contributed by atoms with van der Waals surface area (Å²) in [4.78, 5) is 12.0. The number of rotatable bonds is 6. The Morgan fingerprint density at radius 3 is 2.52 bits per heavy atom. The van der Waals surface area contributed by atoms with Gasteiger partial charge < -0.3 is 5.32 Å². The average Bonchev–Trinajstić information content (AvgIpc) is 2.48. The van der Waals surface area contributed by atoms with E-state index in [1.807, 2.05) is 36.4 Å². The summed E-state index contributed by atoms with van der Waals surface area (Å²) >= 11 is 4.40. The first-order valence-electron chi connectivity index (χ1n) is 7.20. The molecule has 1 amide bonds. The Morgan fingerprint density at radius 2 is 1.81 bits per heavy atom. The van der Waals surface area contributed by atoms with Crippen LogP contribution in [0.15, 0.2) is 54.6 Å². The van der Waals surface area contributed by atoms with E-state index < -0.39 is 0 Å². The van der Waals surface area contributed by atoms with Gasteiger partial charge in [-0.3, -0.25) is 4.79 Å². The topological polar surface area (TPSA) is 29.1 Å². The lowest BCUT2D eigenvalue weighted by Crippen LogP contribution is -2.34. The molecule has 2 aromatic rings. The Labute approximate surface area is 132 Å². The van der Waals surface area contributed by atoms with Gasteiger partial charge in [-0.25, -0.2) is 0 Å². The largest absolute Gasteiger partial charge is 0.355 e. The molecule has 21 heavy (non-hydrogen) atoms. The van der Waals surface area contributed by atoms with Crippen molar-refractivity contribution in [1.82, 2.24) is 5.32 Å². The molecule has 1 N–H and O–H groups in total. The third-order valence-corrected chi connectivity index (χ3v) is 3.79. The van der Waals surface area contributed by atoms with Crippen LogP contribution in [-0.4, -0.2) is 17.7 Å². The van der Waals surface area contributed by atoms with E-state index in [1.165, 1.54) is 11.1 Å². The Balaban J connectivity index is 1.76. The minimum absolute atomic E-state index is 0.00478. The summed E-state index contributed by atoms with van der Waals surface area (Å²) in [5.41, 5.74) is 3.62. The summed E-state index contributed by atoms with van der Waals surface area (Å²) in [5, 5.41) is 2.65. The Hall–Kier alpha value is -1.74. The lowest BCUT2D eigenvalue weighted by Gasteiger charge is -2.12. The smallest absolute Gasteiger partial charge is 0.233 e. The molecule has 0 bridgehead atoms. The molecule has 2 aromatic carbocycles. The summed E-state index contributed by atoms with van der Waals surface area (Å²) in [6.45, 7) is 2.72. The highest BCUT2D eigenvalue weighted by Crippen LogP contribution is 2.08. The molecule has 2 nitrogen and oxygen atoms in total. The van der Waals surface area contributed by atoms with E-state index in [4.69, 9.17) is 0 Å². The zero-order valence-electron chi connectivity index (χ0n) is 12.3. The van der Waals surface area contributed by atoms with E-state index in [0.717, 1.165) is 12.0 Å². The van der Waals surface area contributed by atoms with Crippen molar-refractivity contribution in [1.29, 1.82) is 0 Å². The van der Waals surface area contributed by atoms with Gasteiger partial charge >= 0.3 is 0 Å². The molecule has 0 radical (unpaired) electrons. The Bertz CT molecular complexity index is 583. The molecule has 0 aliphatic rings. The zero-order valence-corrected chi connectivity index (χ0v) is 13.1. The van der Waals surface area contributed by atoms with Crippen LogP contribution in [0.5, 0.6) is 0 Å². The molecule has 0 aromatic heterocycles. The van der Waals surface area contributed by atoms with E-state index in [9.17, 15) is 4.79 Å². The summed E-state index contributed by atoms with van der Waals surface area (Å²) in [6.07, 6.45) is 1.50. The summed E-state index contributed by atoms with van der Waals surface area (Å²) < 4.78 is 0. The monoisotopic (exact) mass is 299 g/mol. The molecule has 0 heterocycles. The highest BCUT2D eigenvalue weighted by molar-refractivity contribution is 7.81. The van der Waals surface area contributed by atoms with E-state index in [1.54, 1.807) is 0 Å². The van der Waals surface area contributed by atoms with Crippen LogP contribution < -0.4 is 5.32 Å². The number of aryl methyl sites for hydroxylation is 1. The van der Waals surface area contributed by atoms with E-state index >= 15 is 0 Å². The van der Waals surface area contributed by atoms with Crippen molar-refractivity contribution in [2.75, 3.05) is 6.54 Å². The third kappa shape index (κ3) is 5.27. The molecule has 0 saturated carbocycles. The van der Waals surface area contributed by atoms with Gasteiger partial charge in [0.25, 0.3) is 0 Å². The molecule has 0 aliphatic heterocycles. The molecule has 1 unspecified atom stereocenters. The molecule has 110 valence electrons. The molecule has 1 atom stereocenters. The lowest BCUT2D eigenvalue weighted by atomic mass is 10.1. The highest BCUT2D eigenvalue weighted by atomic mass is 32.1. The second-order valence-corrected chi connectivity index (χ2v) is 5.86. The molecule has 2 rings (SSSR count). The lowest BCUT2D eigenvalue weighted by molar-refractivity contribution is -0.120. The molecule has 0 spiro atoms. The van der Waals surface area contributed by atoms with Crippen molar-refractivity contribution < 1.29 is 4.79 Å². The van der Waals surface area contributed by atoms with Gasteiger partial charge in [0.15, 0.2) is 0 Å². The van der Waals surface area contributed by atoms with Crippen LogP contribution in [0.3, 0.4) is 0 Å². The quantitative estimate of drug-likeness (QED) is 0.788. The van der Waals surface area contributed by atoms with Gasteiger partial charge in [-0.15, -0.1) is 0 Å². The van der Waals surface area contributed by atoms with Gasteiger partial charge in [-0.05, 0) is 30.9 Å². The summed E-state index contributed by atoms with van der Waals surface area (Å²) in [5.74, 6) is -0.00478. The predicted octanol–water partition coefficient (Wildman–Crippen LogP) is 3.19. The standard InChI is InChI=1S/C18H21NOS/c1-14-6-5-9-16(12-14)10-11-19-18(20)17(21)13-15-7-3-2-4-8-15/h2-9,12,17,21H,10-11,13H2,1H3,(H,19,20). The van der Waals surface area contributed by atoms with Gasteiger partial charge in [0.1, 0.15) is 0 Å². The van der Waals surface area contributed by atoms with Gasteiger partial charge in [0, 0.05) is 6.54 Å². The van der Waals surface area contributed by atoms with E-state index in [2.05, 4.69) is 43.1 Å². The van der Waals surface area contributed by atoms with Crippen LogP contribution in [0.4, 0.5) is 0 Å². The fourth-order valence-electron chi connectivity index (χ4n) is 2.25. The molecule has 0 fully saturated rings. The number of nitrogens with one attached hydrogen (secondary N) is 1. The van der Waals surface area contributed by atoms with Gasteiger partial charge in [0.05, 0.1) is 5.25 Å². The first kappa shape index (κ1) is 15.6. The van der Waals surface area contributed by atoms with E-state index in [-0.39, 0.29) is 11.2 Å². The normalized spacial score (nSPS) is 11.9.